The zero-order chi connectivity index (χ0) is 37.4. The van der Waals surface area contributed by atoms with Gasteiger partial charge in [0.2, 0.25) is 17.7 Å². The summed E-state index contributed by atoms with van der Waals surface area (Å²) < 4.78 is 16.5. The molecule has 278 valence electrons. The molecule has 0 radical (unpaired) electrons. The van der Waals surface area contributed by atoms with Crippen molar-refractivity contribution in [3.63, 3.8) is 0 Å². The number of hydrogen-bond donors (Lipinski definition) is 4. The number of ether oxygens (including phenoxy) is 3. The number of rotatable bonds is 15. The molecule has 1 aliphatic carbocycles. The summed E-state index contributed by atoms with van der Waals surface area (Å²) in [6.07, 6.45) is 10.5. The topological polar surface area (TPSA) is 164 Å². The fraction of sp³-hybridized carbons (Fsp3) is 0.447. The number of nitrogens with one attached hydrogen (secondary N) is 4. The molecule has 1 saturated heterocycles. The molecule has 4 unspecified atom stereocenters. The molecular weight excluding hydrogens is 690 g/mol. The Morgan fingerprint density at radius 1 is 0.923 bits per heavy atom. The zero-order valence-corrected chi connectivity index (χ0v) is 30.6. The zero-order valence-electron chi connectivity index (χ0n) is 29.8. The summed E-state index contributed by atoms with van der Waals surface area (Å²) in [5.74, 6) is -0.368. The fourth-order valence-corrected chi connectivity index (χ4v) is 6.84. The summed E-state index contributed by atoms with van der Waals surface area (Å²) in [5.41, 5.74) is 3.12. The van der Waals surface area contributed by atoms with Crippen LogP contribution in [0.2, 0.25) is 0 Å². The van der Waals surface area contributed by atoms with Crippen molar-refractivity contribution in [2.45, 2.75) is 82.6 Å². The average molecular weight is 736 g/mol. The minimum Gasteiger partial charge on any atom is -0.493 e. The molecule has 0 bridgehead atoms. The molecule has 5 atom stereocenters. The number of unbranched alkanes of at least 4 members (excludes halogenated alkanes) is 1. The number of amides is 4. The maximum Gasteiger partial charge on any atom is 0.305 e. The van der Waals surface area contributed by atoms with E-state index in [0.29, 0.717) is 53.7 Å². The van der Waals surface area contributed by atoms with Gasteiger partial charge in [0.25, 0.3) is 5.91 Å². The van der Waals surface area contributed by atoms with Gasteiger partial charge in [0.15, 0.2) is 11.5 Å². The van der Waals surface area contributed by atoms with E-state index < -0.39 is 23.9 Å². The summed E-state index contributed by atoms with van der Waals surface area (Å²) in [6.45, 7) is 3.79. The number of methoxy groups -OCH3 is 2. The molecule has 14 heteroatoms. The molecule has 4 N–H and O–H groups in total. The van der Waals surface area contributed by atoms with Crippen LogP contribution in [-0.4, -0.2) is 79.4 Å². The van der Waals surface area contributed by atoms with E-state index in [1.165, 1.54) is 21.1 Å². The summed E-state index contributed by atoms with van der Waals surface area (Å²) in [7, 11) is 2.83. The summed E-state index contributed by atoms with van der Waals surface area (Å²) in [4.78, 5) is 65.1. The first-order valence-electron chi connectivity index (χ1n) is 17.4. The van der Waals surface area contributed by atoms with E-state index in [9.17, 15) is 24.0 Å². The van der Waals surface area contributed by atoms with E-state index in [4.69, 9.17) is 21.1 Å². The highest BCUT2D eigenvalue weighted by Crippen LogP contribution is 2.41. The van der Waals surface area contributed by atoms with Gasteiger partial charge in [0, 0.05) is 42.9 Å². The molecule has 2 aromatic carbocycles. The maximum atomic E-state index is 13.8. The quantitative estimate of drug-likeness (QED) is 0.118. The third-order valence-electron chi connectivity index (χ3n) is 9.43. The Morgan fingerprint density at radius 3 is 2.40 bits per heavy atom. The predicted octanol–water partition coefficient (Wildman–Crippen LogP) is 4.45. The van der Waals surface area contributed by atoms with Gasteiger partial charge in [-0.05, 0) is 62.4 Å². The predicted molar refractivity (Wildman–Crippen MR) is 196 cm³/mol. The number of fused-ring (bicyclic) bond motifs is 4. The third kappa shape index (κ3) is 9.24. The highest BCUT2D eigenvalue weighted by atomic mass is 35.5. The molecule has 3 aliphatic rings. The van der Waals surface area contributed by atoms with E-state index in [0.717, 1.165) is 17.5 Å². The monoisotopic (exact) mass is 735 g/mol. The first-order valence-corrected chi connectivity index (χ1v) is 18.0. The van der Waals surface area contributed by atoms with Crippen molar-refractivity contribution in [1.82, 2.24) is 15.5 Å². The van der Waals surface area contributed by atoms with Gasteiger partial charge in [-0.3, -0.25) is 24.0 Å². The van der Waals surface area contributed by atoms with E-state index in [1.807, 2.05) is 23.1 Å². The molecule has 4 amide bonds. The number of benzene rings is 2. The SMILES string of the molecule is COC(=O)CCCCC(=O)NC(C)C(=O)NC(C)C(=O)Nc1cc(CCl)cc(COc2cc3c(cc2OC)C(=O)N2C4C=CC=CC4C[C@H]2CN3)c1. The maximum absolute atomic E-state index is 13.8. The smallest absolute Gasteiger partial charge is 0.305 e. The lowest BCUT2D eigenvalue weighted by molar-refractivity contribution is -0.140. The minimum atomic E-state index is -0.919. The van der Waals surface area contributed by atoms with Crippen LogP contribution in [0.25, 0.3) is 0 Å². The van der Waals surface area contributed by atoms with E-state index in [1.54, 1.807) is 31.2 Å². The molecule has 2 aliphatic heterocycles. The van der Waals surface area contributed by atoms with Crippen LogP contribution in [0.3, 0.4) is 0 Å². The van der Waals surface area contributed by atoms with Crippen molar-refractivity contribution < 1.29 is 38.2 Å². The lowest BCUT2D eigenvalue weighted by Gasteiger charge is -2.28. The largest absolute Gasteiger partial charge is 0.493 e. The van der Waals surface area contributed by atoms with Crippen molar-refractivity contribution in [2.75, 3.05) is 31.4 Å². The molecule has 2 aromatic rings. The molecule has 0 spiro atoms. The van der Waals surface area contributed by atoms with Crippen molar-refractivity contribution in [1.29, 1.82) is 0 Å². The number of carbonyl (C=O) groups is 5. The van der Waals surface area contributed by atoms with Crippen LogP contribution in [0.1, 0.15) is 67.4 Å². The average Bonchev–Trinajstić information content (AvgIpc) is 3.46. The van der Waals surface area contributed by atoms with Crippen LogP contribution in [-0.2, 0) is 36.4 Å². The Balaban J connectivity index is 1.18. The molecule has 0 saturated carbocycles. The van der Waals surface area contributed by atoms with E-state index in [-0.39, 0.29) is 55.2 Å². The van der Waals surface area contributed by atoms with Crippen LogP contribution < -0.4 is 30.7 Å². The molecular formula is C38H46ClN5O8. The number of esters is 1. The van der Waals surface area contributed by atoms with Crippen molar-refractivity contribution in [2.24, 2.45) is 5.92 Å². The van der Waals surface area contributed by atoms with Gasteiger partial charge in [-0.1, -0.05) is 30.4 Å². The Bertz CT molecular complexity index is 1750. The number of hydrogen-bond acceptors (Lipinski definition) is 9. The van der Waals surface area contributed by atoms with Crippen molar-refractivity contribution in [3.05, 3.63) is 71.3 Å². The van der Waals surface area contributed by atoms with Gasteiger partial charge < -0.3 is 40.4 Å². The second-order valence-corrected chi connectivity index (χ2v) is 13.5. The first-order chi connectivity index (χ1) is 25.0. The fourth-order valence-electron chi connectivity index (χ4n) is 6.68. The summed E-state index contributed by atoms with van der Waals surface area (Å²) in [5, 5.41) is 11.5. The second-order valence-electron chi connectivity index (χ2n) is 13.2. The van der Waals surface area contributed by atoms with Crippen molar-refractivity contribution in [3.8, 4) is 11.5 Å². The standard InChI is InChI=1S/C38H46ClN5O8/c1-22(41-34(45)11-7-8-12-35(46)51-4)36(47)42-23(2)37(48)43-27-14-24(19-39)13-25(15-27)21-52-33-18-30-29(17-32(33)50-3)38(49)44-28(20-40-30)16-26-9-5-6-10-31(26)44/h5-6,9-10,13-15,17-18,22-23,26,28,31,40H,7-8,11-12,16,19-21H2,1-4H3,(H,41,45)(H,42,47)(H,43,48)/t22?,23?,26?,28-,31?/m0/s1. The molecule has 1 fully saturated rings. The van der Waals surface area contributed by atoms with Gasteiger partial charge in [0.05, 0.1) is 37.6 Å². The molecule has 52 heavy (non-hydrogen) atoms. The number of nitrogens with zero attached hydrogens (tertiary/aromatic N) is 1. The number of halogens is 1. The third-order valence-corrected chi connectivity index (χ3v) is 9.73. The van der Waals surface area contributed by atoms with E-state index >= 15 is 0 Å². The number of alkyl halides is 1. The normalized spacial score (nSPS) is 19.5. The van der Waals surface area contributed by atoms with Gasteiger partial charge >= 0.3 is 5.97 Å². The van der Waals surface area contributed by atoms with Crippen LogP contribution in [0, 0.1) is 5.92 Å². The Morgan fingerprint density at radius 2 is 1.65 bits per heavy atom. The Kier molecular flexibility index (Phi) is 12.8. The highest BCUT2D eigenvalue weighted by Gasteiger charge is 2.44. The van der Waals surface area contributed by atoms with Crippen LogP contribution in [0.4, 0.5) is 11.4 Å². The van der Waals surface area contributed by atoms with Gasteiger partial charge in [0.1, 0.15) is 18.7 Å². The van der Waals surface area contributed by atoms with Gasteiger partial charge in [-0.25, -0.2) is 0 Å². The number of allylic oxidation sites excluding steroid dienone is 2. The van der Waals surface area contributed by atoms with Crippen molar-refractivity contribution >= 4 is 52.6 Å². The minimum absolute atomic E-state index is 0.0266. The summed E-state index contributed by atoms with van der Waals surface area (Å²) in [6, 6.07) is 7.15. The van der Waals surface area contributed by atoms with Gasteiger partial charge in [-0.2, -0.15) is 0 Å². The second kappa shape index (κ2) is 17.5. The summed E-state index contributed by atoms with van der Waals surface area (Å²) >= 11 is 6.19. The Labute approximate surface area is 308 Å². The molecule has 13 nitrogen and oxygen atoms in total. The molecule has 0 aromatic heterocycles. The van der Waals surface area contributed by atoms with Gasteiger partial charge in [-0.15, -0.1) is 11.6 Å². The molecule has 2 heterocycles. The number of carbonyl (C=O) groups excluding carboxylic acids is 5. The van der Waals surface area contributed by atoms with Crippen LogP contribution in [0.15, 0.2) is 54.6 Å². The highest BCUT2D eigenvalue weighted by molar-refractivity contribution is 6.17. The first kappa shape index (κ1) is 38.2. The lowest BCUT2D eigenvalue weighted by atomic mass is 9.94. The molecule has 5 rings (SSSR count). The Hall–Kier alpha value is -5.04. The van der Waals surface area contributed by atoms with Crippen LogP contribution >= 0.6 is 11.6 Å². The lowest BCUT2D eigenvalue weighted by Crippen LogP contribution is -2.50. The number of anilines is 2. The van der Waals surface area contributed by atoms with E-state index in [2.05, 4.69) is 38.2 Å². The van der Waals surface area contributed by atoms with Crippen LogP contribution in [0.5, 0.6) is 11.5 Å².